The average Bonchev–Trinajstić information content (AvgIpc) is 2.01. The highest BCUT2D eigenvalue weighted by atomic mass is 16.6. The molecule has 0 aromatic carbocycles. The van der Waals surface area contributed by atoms with Crippen molar-refractivity contribution in [2.24, 2.45) is 0 Å². The summed E-state index contributed by atoms with van der Waals surface area (Å²) in [5, 5.41) is 28.6. The Balaban J connectivity index is 3.32. The van der Waals surface area contributed by atoms with E-state index in [0.29, 0.717) is 0 Å². The first kappa shape index (κ1) is 10.2. The first-order valence-electron chi connectivity index (χ1n) is 3.87. The van der Waals surface area contributed by atoms with Crippen LogP contribution in [0.3, 0.4) is 0 Å². The number of aromatic nitrogens is 2. The molecule has 0 aliphatic rings. The number of nitro groups is 1. The summed E-state index contributed by atoms with van der Waals surface area (Å²) in [7, 11) is 0. The van der Waals surface area contributed by atoms with Crippen molar-refractivity contribution in [2.75, 3.05) is 0 Å². The van der Waals surface area contributed by atoms with E-state index in [4.69, 9.17) is 10.2 Å². The molecule has 1 aromatic rings. The Morgan fingerprint density at radius 3 is 2.00 bits per heavy atom. The van der Waals surface area contributed by atoms with Crippen LogP contribution in [0.4, 0.5) is 5.69 Å². The van der Waals surface area contributed by atoms with E-state index in [1.165, 1.54) is 0 Å². The van der Waals surface area contributed by atoms with Crippen LogP contribution in [0.25, 0.3) is 0 Å². The zero-order valence-corrected chi connectivity index (χ0v) is 7.63. The predicted molar refractivity (Wildman–Crippen MR) is 46.1 cm³/mol. The SMILES string of the molecule is CC(C)c1nc(O)c([N+](=O)[O-])c(O)n1. The highest BCUT2D eigenvalue weighted by Gasteiger charge is 2.24. The molecule has 0 aliphatic carbocycles. The third-order valence-corrected chi connectivity index (χ3v) is 1.56. The van der Waals surface area contributed by atoms with E-state index in [1.54, 1.807) is 13.8 Å². The van der Waals surface area contributed by atoms with Crippen LogP contribution in [0.5, 0.6) is 11.8 Å². The van der Waals surface area contributed by atoms with Crippen LogP contribution in [-0.2, 0) is 0 Å². The lowest BCUT2D eigenvalue weighted by Gasteiger charge is -2.04. The van der Waals surface area contributed by atoms with Crippen molar-refractivity contribution in [3.05, 3.63) is 15.9 Å². The maximum absolute atomic E-state index is 10.3. The van der Waals surface area contributed by atoms with E-state index in [9.17, 15) is 10.1 Å². The summed E-state index contributed by atoms with van der Waals surface area (Å²) in [5.41, 5.74) is -0.866. The second-order valence-corrected chi connectivity index (χ2v) is 2.99. The van der Waals surface area contributed by atoms with Gasteiger partial charge in [0, 0.05) is 5.92 Å². The van der Waals surface area contributed by atoms with Crippen LogP contribution in [0, 0.1) is 10.1 Å². The summed E-state index contributed by atoms with van der Waals surface area (Å²) < 4.78 is 0. The second-order valence-electron chi connectivity index (χ2n) is 2.99. The van der Waals surface area contributed by atoms with Gasteiger partial charge in [-0.25, -0.2) is 0 Å². The lowest BCUT2D eigenvalue weighted by atomic mass is 10.2. The van der Waals surface area contributed by atoms with E-state index >= 15 is 0 Å². The Bertz CT molecular complexity index is 354. The Labute approximate surface area is 79.2 Å². The summed E-state index contributed by atoms with van der Waals surface area (Å²) in [6.45, 7) is 3.47. The fourth-order valence-corrected chi connectivity index (χ4v) is 0.869. The summed E-state index contributed by atoms with van der Waals surface area (Å²) >= 11 is 0. The van der Waals surface area contributed by atoms with Gasteiger partial charge in [-0.2, -0.15) is 9.97 Å². The topological polar surface area (TPSA) is 109 Å². The minimum atomic E-state index is -0.936. The van der Waals surface area contributed by atoms with Crippen LogP contribution >= 0.6 is 0 Å². The summed E-state index contributed by atoms with van der Waals surface area (Å²) in [5.74, 6) is -1.60. The van der Waals surface area contributed by atoms with Gasteiger partial charge in [-0.05, 0) is 0 Å². The molecular formula is C7H9N3O4. The number of nitrogens with zero attached hydrogens (tertiary/aromatic N) is 3. The number of hydrogen-bond acceptors (Lipinski definition) is 6. The molecule has 0 fully saturated rings. The fraction of sp³-hybridized carbons (Fsp3) is 0.429. The Hall–Kier alpha value is -1.92. The number of hydrogen-bond donors (Lipinski definition) is 2. The molecule has 0 spiro atoms. The molecule has 1 aromatic heterocycles. The Kier molecular flexibility index (Phi) is 2.50. The lowest BCUT2D eigenvalue weighted by molar-refractivity contribution is -0.387. The molecule has 14 heavy (non-hydrogen) atoms. The Morgan fingerprint density at radius 2 is 1.71 bits per heavy atom. The van der Waals surface area contributed by atoms with E-state index in [2.05, 4.69) is 9.97 Å². The maximum atomic E-state index is 10.3. The van der Waals surface area contributed by atoms with Crippen molar-refractivity contribution in [2.45, 2.75) is 19.8 Å². The molecule has 2 N–H and O–H groups in total. The van der Waals surface area contributed by atoms with Gasteiger partial charge in [-0.15, -0.1) is 0 Å². The summed E-state index contributed by atoms with van der Waals surface area (Å²) in [6, 6.07) is 0. The fourth-order valence-electron chi connectivity index (χ4n) is 0.869. The molecule has 0 saturated carbocycles. The van der Waals surface area contributed by atoms with Crippen LogP contribution < -0.4 is 0 Å². The first-order valence-corrected chi connectivity index (χ1v) is 3.87. The van der Waals surface area contributed by atoms with Crippen molar-refractivity contribution in [1.29, 1.82) is 0 Å². The van der Waals surface area contributed by atoms with Crippen LogP contribution in [0.1, 0.15) is 25.6 Å². The van der Waals surface area contributed by atoms with E-state index in [0.717, 1.165) is 0 Å². The van der Waals surface area contributed by atoms with Crippen LogP contribution in [-0.4, -0.2) is 25.1 Å². The van der Waals surface area contributed by atoms with Crippen molar-refractivity contribution >= 4 is 5.69 Å². The maximum Gasteiger partial charge on any atom is 0.391 e. The number of rotatable bonds is 2. The molecule has 0 aliphatic heterocycles. The zero-order chi connectivity index (χ0) is 10.9. The normalized spacial score (nSPS) is 10.5. The van der Waals surface area contributed by atoms with Gasteiger partial charge in [0.15, 0.2) is 0 Å². The van der Waals surface area contributed by atoms with Gasteiger partial charge in [0.2, 0.25) is 0 Å². The van der Waals surface area contributed by atoms with Crippen LogP contribution in [0.2, 0.25) is 0 Å². The van der Waals surface area contributed by atoms with Crippen molar-refractivity contribution in [1.82, 2.24) is 9.97 Å². The molecule has 0 unspecified atom stereocenters. The summed E-state index contributed by atoms with van der Waals surface area (Å²) in [6.07, 6.45) is 0. The molecule has 7 heteroatoms. The van der Waals surface area contributed by atoms with Gasteiger partial charge in [0.1, 0.15) is 5.82 Å². The predicted octanol–water partition coefficient (Wildman–Crippen LogP) is 0.919. The molecule has 7 nitrogen and oxygen atoms in total. The van der Waals surface area contributed by atoms with Crippen LogP contribution in [0.15, 0.2) is 0 Å². The third-order valence-electron chi connectivity index (χ3n) is 1.56. The highest BCUT2D eigenvalue weighted by Crippen LogP contribution is 2.32. The molecule has 76 valence electrons. The molecule has 0 radical (unpaired) electrons. The second kappa shape index (κ2) is 3.44. The highest BCUT2D eigenvalue weighted by molar-refractivity contribution is 5.48. The monoisotopic (exact) mass is 199 g/mol. The lowest BCUT2D eigenvalue weighted by Crippen LogP contribution is -2.00. The van der Waals surface area contributed by atoms with Gasteiger partial charge < -0.3 is 10.2 Å². The zero-order valence-electron chi connectivity index (χ0n) is 7.63. The molecule has 1 heterocycles. The standard InChI is InChI=1S/C7H9N3O4/c1-3(2)5-8-6(11)4(10(13)14)7(12)9-5/h3H,1-2H3,(H2,8,9,11,12). The van der Waals surface area contributed by atoms with Gasteiger partial charge >= 0.3 is 5.69 Å². The van der Waals surface area contributed by atoms with Gasteiger partial charge in [0.25, 0.3) is 11.8 Å². The Morgan fingerprint density at radius 1 is 1.29 bits per heavy atom. The van der Waals surface area contributed by atoms with Gasteiger partial charge in [-0.3, -0.25) is 10.1 Å². The minimum absolute atomic E-state index is 0.132. The van der Waals surface area contributed by atoms with Gasteiger partial charge in [0.05, 0.1) is 4.92 Å². The molecule has 0 atom stereocenters. The van der Waals surface area contributed by atoms with Gasteiger partial charge in [-0.1, -0.05) is 13.8 Å². The van der Waals surface area contributed by atoms with Crippen molar-refractivity contribution < 1.29 is 15.1 Å². The quantitative estimate of drug-likeness (QED) is 0.541. The third kappa shape index (κ3) is 1.70. The molecule has 0 bridgehead atoms. The average molecular weight is 199 g/mol. The molecule has 1 rings (SSSR count). The minimum Gasteiger partial charge on any atom is -0.488 e. The molecule has 0 saturated heterocycles. The van der Waals surface area contributed by atoms with E-state index in [-0.39, 0.29) is 11.7 Å². The number of aromatic hydroxyl groups is 2. The largest absolute Gasteiger partial charge is 0.488 e. The molecule has 0 amide bonds. The van der Waals surface area contributed by atoms with Crippen molar-refractivity contribution in [3.63, 3.8) is 0 Å². The smallest absolute Gasteiger partial charge is 0.391 e. The van der Waals surface area contributed by atoms with E-state index < -0.39 is 22.4 Å². The van der Waals surface area contributed by atoms with E-state index in [1.807, 2.05) is 0 Å². The summed E-state index contributed by atoms with van der Waals surface area (Å²) in [4.78, 5) is 16.4. The first-order chi connectivity index (χ1) is 6.43. The molecular weight excluding hydrogens is 190 g/mol. The van der Waals surface area contributed by atoms with Crippen molar-refractivity contribution in [3.8, 4) is 11.8 Å².